The number of amides is 1. The third-order valence-electron chi connectivity index (χ3n) is 3.93. The molecule has 128 valence electrons. The quantitative estimate of drug-likeness (QED) is 0.752. The Morgan fingerprint density at radius 3 is 2.74 bits per heavy atom. The Morgan fingerprint density at radius 2 is 2.04 bits per heavy atom. The normalized spacial score (nSPS) is 19.4. The summed E-state index contributed by atoms with van der Waals surface area (Å²) in [6.45, 7) is 2.63. The van der Waals surface area contributed by atoms with Crippen LogP contribution in [0.3, 0.4) is 0 Å². The monoisotopic (exact) mass is 339 g/mol. The van der Waals surface area contributed by atoms with E-state index in [1.807, 2.05) is 18.2 Å². The van der Waals surface area contributed by atoms with E-state index in [0.29, 0.717) is 0 Å². The van der Waals surface area contributed by atoms with Gasteiger partial charge < -0.3 is 10.2 Å². The Labute approximate surface area is 138 Å². The Hall–Kier alpha value is -1.44. The lowest BCUT2D eigenvalue weighted by Gasteiger charge is -2.33. The zero-order valence-corrected chi connectivity index (χ0v) is 14.3. The summed E-state index contributed by atoms with van der Waals surface area (Å²) in [6, 6.07) is 10.4. The molecule has 2 rings (SSSR count). The van der Waals surface area contributed by atoms with E-state index >= 15 is 0 Å². The van der Waals surface area contributed by atoms with Gasteiger partial charge in [0.15, 0.2) is 0 Å². The first-order valence-electron chi connectivity index (χ1n) is 7.93. The average molecular weight is 339 g/mol. The molecule has 0 aromatic heterocycles. The highest BCUT2D eigenvalue weighted by atomic mass is 32.2. The first kappa shape index (κ1) is 17.9. The summed E-state index contributed by atoms with van der Waals surface area (Å²) in [5, 5.41) is 2.91. The molecule has 1 amide bonds. The Kier molecular flexibility index (Phi) is 6.56. The number of hydrogen-bond acceptors (Lipinski definition) is 4. The van der Waals surface area contributed by atoms with Gasteiger partial charge in [-0.3, -0.25) is 4.79 Å². The van der Waals surface area contributed by atoms with Gasteiger partial charge in [-0.25, -0.2) is 13.1 Å². The molecule has 1 atom stereocenters. The summed E-state index contributed by atoms with van der Waals surface area (Å²) >= 11 is 0. The van der Waals surface area contributed by atoms with Crippen LogP contribution in [0, 0.1) is 0 Å². The number of sulfonamides is 1. The van der Waals surface area contributed by atoms with Gasteiger partial charge in [-0.05, 0) is 31.4 Å². The van der Waals surface area contributed by atoms with Gasteiger partial charge in [-0.2, -0.15) is 0 Å². The first-order chi connectivity index (χ1) is 10.9. The van der Waals surface area contributed by atoms with E-state index in [4.69, 9.17) is 0 Å². The van der Waals surface area contributed by atoms with Crippen LogP contribution in [-0.2, 0) is 21.2 Å². The minimum Gasteiger partial charge on any atom is -0.351 e. The van der Waals surface area contributed by atoms with Crippen molar-refractivity contribution >= 4 is 15.9 Å². The predicted octanol–water partition coefficient (Wildman–Crippen LogP) is 0.359. The third kappa shape index (κ3) is 7.11. The molecule has 0 bridgehead atoms. The van der Waals surface area contributed by atoms with Crippen molar-refractivity contribution in [3.8, 4) is 0 Å². The molecular formula is C16H25N3O3S. The van der Waals surface area contributed by atoms with Crippen LogP contribution in [0.2, 0.25) is 0 Å². The summed E-state index contributed by atoms with van der Waals surface area (Å²) < 4.78 is 24.2. The van der Waals surface area contributed by atoms with E-state index in [2.05, 4.69) is 27.1 Å². The molecule has 1 fully saturated rings. The summed E-state index contributed by atoms with van der Waals surface area (Å²) in [4.78, 5) is 14.1. The van der Waals surface area contributed by atoms with Gasteiger partial charge in [0.05, 0.1) is 12.8 Å². The number of nitrogens with zero attached hydrogens (tertiary/aromatic N) is 1. The van der Waals surface area contributed by atoms with E-state index in [9.17, 15) is 13.2 Å². The fourth-order valence-electron chi connectivity index (χ4n) is 2.78. The zero-order chi connectivity index (χ0) is 16.7. The van der Waals surface area contributed by atoms with Crippen LogP contribution in [0.1, 0.15) is 18.4 Å². The number of carbonyl (C=O) groups is 1. The molecule has 0 aliphatic carbocycles. The summed E-state index contributed by atoms with van der Waals surface area (Å²) in [5.41, 5.74) is 1.32. The van der Waals surface area contributed by atoms with Gasteiger partial charge in [0, 0.05) is 19.1 Å². The second kappa shape index (κ2) is 8.42. The molecule has 1 heterocycles. The van der Waals surface area contributed by atoms with Crippen molar-refractivity contribution in [3.05, 3.63) is 35.9 Å². The molecule has 23 heavy (non-hydrogen) atoms. The Balaban J connectivity index is 1.73. The van der Waals surface area contributed by atoms with Crippen LogP contribution in [0.4, 0.5) is 0 Å². The van der Waals surface area contributed by atoms with Crippen molar-refractivity contribution < 1.29 is 13.2 Å². The minimum absolute atomic E-state index is 0.0911. The topological polar surface area (TPSA) is 78.5 Å². The SMILES string of the molecule is CS(=O)(=O)NCC(=O)N[C@@H]1CCCN(CCc2ccccc2)C1. The highest BCUT2D eigenvalue weighted by molar-refractivity contribution is 7.88. The first-order valence-corrected chi connectivity index (χ1v) is 9.82. The van der Waals surface area contributed by atoms with Gasteiger partial charge in [0.2, 0.25) is 15.9 Å². The van der Waals surface area contributed by atoms with Gasteiger partial charge in [-0.15, -0.1) is 0 Å². The predicted molar refractivity (Wildman–Crippen MR) is 90.6 cm³/mol. The second-order valence-electron chi connectivity index (χ2n) is 6.04. The van der Waals surface area contributed by atoms with E-state index in [1.165, 1.54) is 5.56 Å². The standard InChI is InChI=1S/C16H25N3O3S/c1-23(21,22)17-12-16(20)18-15-8-5-10-19(13-15)11-9-14-6-3-2-4-7-14/h2-4,6-7,15,17H,5,8-13H2,1H3,(H,18,20)/t15-/m1/s1. The maximum Gasteiger partial charge on any atom is 0.235 e. The number of likely N-dealkylation sites (tertiary alicyclic amines) is 1. The van der Waals surface area contributed by atoms with Gasteiger partial charge in [0.1, 0.15) is 0 Å². The molecule has 0 radical (unpaired) electrons. The number of hydrogen-bond donors (Lipinski definition) is 2. The third-order valence-corrected chi connectivity index (χ3v) is 4.59. The number of nitrogens with one attached hydrogen (secondary N) is 2. The highest BCUT2D eigenvalue weighted by Crippen LogP contribution is 2.11. The van der Waals surface area contributed by atoms with E-state index in [-0.39, 0.29) is 18.5 Å². The van der Waals surface area contributed by atoms with E-state index < -0.39 is 10.0 Å². The van der Waals surface area contributed by atoms with Crippen LogP contribution in [-0.4, -0.2) is 57.7 Å². The maximum atomic E-state index is 11.8. The fraction of sp³-hybridized carbons (Fsp3) is 0.562. The molecule has 0 unspecified atom stereocenters. The van der Waals surface area contributed by atoms with E-state index in [0.717, 1.165) is 45.2 Å². The largest absolute Gasteiger partial charge is 0.351 e. The number of rotatable bonds is 7. The highest BCUT2D eigenvalue weighted by Gasteiger charge is 2.21. The molecule has 1 aromatic rings. The number of piperidine rings is 1. The van der Waals surface area contributed by atoms with Gasteiger partial charge in [0.25, 0.3) is 0 Å². The van der Waals surface area contributed by atoms with E-state index in [1.54, 1.807) is 0 Å². The van der Waals surface area contributed by atoms with Crippen molar-refractivity contribution in [2.75, 3.05) is 32.4 Å². The van der Waals surface area contributed by atoms with Crippen LogP contribution in [0.5, 0.6) is 0 Å². The summed E-state index contributed by atoms with van der Waals surface area (Å²) in [6.07, 6.45) is 4.02. The molecule has 6 nitrogen and oxygen atoms in total. The van der Waals surface area contributed by atoms with Crippen LogP contribution < -0.4 is 10.0 Å². The van der Waals surface area contributed by atoms with Crippen molar-refractivity contribution in [3.63, 3.8) is 0 Å². The van der Waals surface area contributed by atoms with Gasteiger partial charge >= 0.3 is 0 Å². The minimum atomic E-state index is -3.33. The molecule has 7 heteroatoms. The zero-order valence-electron chi connectivity index (χ0n) is 13.5. The number of benzene rings is 1. The average Bonchev–Trinajstić information content (AvgIpc) is 2.52. The molecule has 0 saturated carbocycles. The smallest absolute Gasteiger partial charge is 0.235 e. The number of carbonyl (C=O) groups excluding carboxylic acids is 1. The molecule has 1 aliphatic rings. The van der Waals surface area contributed by atoms with Crippen molar-refractivity contribution in [1.82, 2.24) is 14.9 Å². The Morgan fingerprint density at radius 1 is 1.30 bits per heavy atom. The maximum absolute atomic E-state index is 11.8. The van der Waals surface area contributed by atoms with Gasteiger partial charge in [-0.1, -0.05) is 30.3 Å². The molecule has 1 saturated heterocycles. The fourth-order valence-corrected chi connectivity index (χ4v) is 3.18. The summed E-state index contributed by atoms with van der Waals surface area (Å²) in [7, 11) is -3.33. The van der Waals surface area contributed by atoms with Crippen LogP contribution in [0.15, 0.2) is 30.3 Å². The Bertz CT molecular complexity index is 604. The molecule has 0 spiro atoms. The van der Waals surface area contributed by atoms with Crippen molar-refractivity contribution in [2.24, 2.45) is 0 Å². The molecule has 2 N–H and O–H groups in total. The van der Waals surface area contributed by atoms with Crippen molar-refractivity contribution in [1.29, 1.82) is 0 Å². The molecule has 1 aromatic carbocycles. The lowest BCUT2D eigenvalue weighted by molar-refractivity contribution is -0.121. The van der Waals surface area contributed by atoms with Crippen LogP contribution in [0.25, 0.3) is 0 Å². The molecular weight excluding hydrogens is 314 g/mol. The molecule has 1 aliphatic heterocycles. The summed E-state index contributed by atoms with van der Waals surface area (Å²) in [5.74, 6) is -0.273. The van der Waals surface area contributed by atoms with Crippen LogP contribution >= 0.6 is 0 Å². The lowest BCUT2D eigenvalue weighted by atomic mass is 10.0. The second-order valence-corrected chi connectivity index (χ2v) is 7.87. The van der Waals surface area contributed by atoms with Crippen molar-refractivity contribution in [2.45, 2.75) is 25.3 Å². The lowest BCUT2D eigenvalue weighted by Crippen LogP contribution is -2.50.